The van der Waals surface area contributed by atoms with Gasteiger partial charge in [-0.2, -0.15) is 4.98 Å². The summed E-state index contributed by atoms with van der Waals surface area (Å²) >= 11 is 0. The van der Waals surface area contributed by atoms with Gasteiger partial charge in [0, 0.05) is 6.26 Å². The van der Waals surface area contributed by atoms with Crippen molar-refractivity contribution < 1.29 is 24.3 Å². The normalized spacial score (nSPS) is 30.0. The lowest BCUT2D eigenvalue weighted by molar-refractivity contribution is -0.0511. The molecule has 0 radical (unpaired) electrons. The number of aliphatic hydroxyl groups excluding tert-OH is 3. The first-order valence-corrected chi connectivity index (χ1v) is 7.95. The minimum Gasteiger partial charge on any atom is -0.394 e. The Morgan fingerprint density at radius 1 is 1.41 bits per heavy atom. The Kier molecular flexibility index (Phi) is 3.82. The molecule has 3 heterocycles. The van der Waals surface area contributed by atoms with Gasteiger partial charge in [-0.3, -0.25) is 8.78 Å². The molecule has 120 valence electrons. The van der Waals surface area contributed by atoms with Gasteiger partial charge >= 0.3 is 0 Å². The number of nitrogens with two attached hydrogens (primary N) is 1. The Labute approximate surface area is 127 Å². The first kappa shape index (κ1) is 15.2. The summed E-state index contributed by atoms with van der Waals surface area (Å²) in [7, 11) is -1.43. The van der Waals surface area contributed by atoms with E-state index in [0.29, 0.717) is 0 Å². The fourth-order valence-electron chi connectivity index (χ4n) is 2.40. The maximum absolute atomic E-state index is 11.7. The number of anilines is 1. The maximum Gasteiger partial charge on any atom is 0.223 e. The number of nitrogen functional groups attached to an aromatic ring is 1. The van der Waals surface area contributed by atoms with Crippen molar-refractivity contribution in [3.8, 4) is 0 Å². The van der Waals surface area contributed by atoms with Crippen LogP contribution in [0.4, 0.5) is 5.95 Å². The third kappa shape index (κ3) is 2.27. The molecule has 0 saturated carbocycles. The highest BCUT2D eigenvalue weighted by Gasteiger charge is 2.44. The molecule has 3 rings (SSSR count). The summed E-state index contributed by atoms with van der Waals surface area (Å²) in [5, 5.41) is 29.2. The molecule has 0 aromatic carbocycles. The lowest BCUT2D eigenvalue weighted by Gasteiger charge is -2.16. The number of hydrogen-bond acceptors (Lipinski definition) is 9. The van der Waals surface area contributed by atoms with Crippen LogP contribution < -0.4 is 5.73 Å². The summed E-state index contributed by atoms with van der Waals surface area (Å²) in [4.78, 5) is 12.0. The fraction of sp³-hybridized carbons (Fsp3) is 0.545. The number of ether oxygens (including phenoxy) is 1. The van der Waals surface area contributed by atoms with Crippen LogP contribution in [0.25, 0.3) is 11.2 Å². The lowest BCUT2D eigenvalue weighted by atomic mass is 10.1. The van der Waals surface area contributed by atoms with E-state index in [2.05, 4.69) is 15.0 Å². The summed E-state index contributed by atoms with van der Waals surface area (Å²) in [6.45, 7) is -0.442. The topological polar surface area (TPSA) is 157 Å². The Morgan fingerprint density at radius 2 is 2.14 bits per heavy atom. The maximum atomic E-state index is 11.7. The van der Waals surface area contributed by atoms with Crippen molar-refractivity contribution >= 4 is 27.9 Å². The molecule has 0 spiro atoms. The van der Waals surface area contributed by atoms with Gasteiger partial charge in [0.2, 0.25) is 5.95 Å². The summed E-state index contributed by atoms with van der Waals surface area (Å²) < 4.78 is 18.5. The van der Waals surface area contributed by atoms with E-state index in [0.717, 1.165) is 0 Å². The highest BCUT2D eigenvalue weighted by molar-refractivity contribution is 7.84. The third-order valence-corrected chi connectivity index (χ3v) is 4.30. The number of fused-ring (bicyclic) bond motifs is 1. The summed E-state index contributed by atoms with van der Waals surface area (Å²) in [5.41, 5.74) is 6.11. The smallest absolute Gasteiger partial charge is 0.223 e. The van der Waals surface area contributed by atoms with Gasteiger partial charge in [0.05, 0.1) is 23.7 Å². The van der Waals surface area contributed by atoms with Gasteiger partial charge in [0.25, 0.3) is 0 Å². The van der Waals surface area contributed by atoms with Crippen LogP contribution in [0.1, 0.15) is 6.23 Å². The van der Waals surface area contributed by atoms with E-state index in [-0.39, 0.29) is 22.1 Å². The van der Waals surface area contributed by atoms with Crippen molar-refractivity contribution in [2.24, 2.45) is 0 Å². The highest BCUT2D eigenvalue weighted by atomic mass is 32.2. The van der Waals surface area contributed by atoms with Crippen molar-refractivity contribution in [3.63, 3.8) is 0 Å². The van der Waals surface area contributed by atoms with E-state index < -0.39 is 41.9 Å². The standard InChI is InChI=1S/C11H15N5O5S/c1-22(20)9-5-8(14-11(12)15-9)16(3-13-5)10-7(19)6(18)4(2-17)21-10/h3-4,6-7,10,17-19H,2H2,1H3,(H2,12,14,15)/t4-,6-,7-,10-,22?/m1/s1. The van der Waals surface area contributed by atoms with Crippen LogP contribution in [-0.2, 0) is 15.5 Å². The van der Waals surface area contributed by atoms with E-state index in [4.69, 9.17) is 15.6 Å². The van der Waals surface area contributed by atoms with Crippen LogP contribution in [0, 0.1) is 0 Å². The number of rotatable bonds is 3. The van der Waals surface area contributed by atoms with Gasteiger partial charge < -0.3 is 25.8 Å². The molecular formula is C11H15N5O5S. The molecule has 0 aliphatic carbocycles. The molecule has 5 atom stereocenters. The highest BCUT2D eigenvalue weighted by Crippen LogP contribution is 2.32. The van der Waals surface area contributed by atoms with Gasteiger partial charge in [-0.05, 0) is 0 Å². The third-order valence-electron chi connectivity index (χ3n) is 3.47. The minimum atomic E-state index is -1.43. The molecule has 0 bridgehead atoms. The Hall–Kier alpha value is -1.66. The quantitative estimate of drug-likeness (QED) is 0.457. The van der Waals surface area contributed by atoms with E-state index in [9.17, 15) is 14.4 Å². The van der Waals surface area contributed by atoms with E-state index in [1.165, 1.54) is 17.2 Å². The predicted octanol–water partition coefficient (Wildman–Crippen LogP) is -2.24. The van der Waals surface area contributed by atoms with E-state index in [1.807, 2.05) is 0 Å². The summed E-state index contributed by atoms with van der Waals surface area (Å²) in [6.07, 6.45) is -1.67. The van der Waals surface area contributed by atoms with Crippen LogP contribution in [-0.4, -0.2) is 70.2 Å². The lowest BCUT2D eigenvalue weighted by Crippen LogP contribution is -2.33. The average molecular weight is 329 g/mol. The summed E-state index contributed by atoms with van der Waals surface area (Å²) in [5.74, 6) is -0.0915. The molecule has 1 saturated heterocycles. The second kappa shape index (κ2) is 5.52. The van der Waals surface area contributed by atoms with Crippen molar-refractivity contribution in [3.05, 3.63) is 6.33 Å². The zero-order valence-electron chi connectivity index (χ0n) is 11.5. The van der Waals surface area contributed by atoms with Crippen molar-refractivity contribution in [1.82, 2.24) is 19.5 Å². The molecular weight excluding hydrogens is 314 g/mol. The first-order chi connectivity index (χ1) is 10.4. The molecule has 1 fully saturated rings. The number of nitrogens with zero attached hydrogens (tertiary/aromatic N) is 4. The Morgan fingerprint density at radius 3 is 2.73 bits per heavy atom. The zero-order chi connectivity index (χ0) is 16.0. The summed E-state index contributed by atoms with van der Waals surface area (Å²) in [6, 6.07) is 0. The van der Waals surface area contributed by atoms with Gasteiger partial charge in [-0.1, -0.05) is 0 Å². The molecule has 1 aliphatic heterocycles. The molecule has 0 amide bonds. The minimum absolute atomic E-state index is 0.0915. The van der Waals surface area contributed by atoms with Crippen LogP contribution in [0.15, 0.2) is 11.4 Å². The second-order valence-corrected chi connectivity index (χ2v) is 6.19. The van der Waals surface area contributed by atoms with Gasteiger partial charge in [-0.15, -0.1) is 0 Å². The van der Waals surface area contributed by atoms with Crippen LogP contribution in [0.3, 0.4) is 0 Å². The molecule has 2 aromatic heterocycles. The van der Waals surface area contributed by atoms with E-state index in [1.54, 1.807) is 0 Å². The van der Waals surface area contributed by atoms with Crippen LogP contribution in [0.5, 0.6) is 0 Å². The van der Waals surface area contributed by atoms with Crippen LogP contribution in [0.2, 0.25) is 0 Å². The number of hydrogen-bond donors (Lipinski definition) is 4. The average Bonchev–Trinajstić information content (AvgIpc) is 3.00. The SMILES string of the molecule is CS(=O)c1nc(N)nc2c1ncn2[C@@H]1O[C@H](CO)[C@@H](O)[C@H]1O. The van der Waals surface area contributed by atoms with Gasteiger partial charge in [-0.25, -0.2) is 9.97 Å². The van der Waals surface area contributed by atoms with E-state index >= 15 is 0 Å². The van der Waals surface area contributed by atoms with Crippen molar-refractivity contribution in [2.45, 2.75) is 29.6 Å². The molecule has 10 nitrogen and oxygen atoms in total. The molecule has 11 heteroatoms. The second-order valence-electron chi connectivity index (χ2n) is 4.89. The molecule has 1 aliphatic rings. The molecule has 5 N–H and O–H groups in total. The van der Waals surface area contributed by atoms with Crippen LogP contribution >= 0.6 is 0 Å². The number of aromatic nitrogens is 4. The molecule has 1 unspecified atom stereocenters. The predicted molar refractivity (Wildman–Crippen MR) is 75.1 cm³/mol. The first-order valence-electron chi connectivity index (χ1n) is 6.40. The fourth-order valence-corrected chi connectivity index (χ4v) is 3.04. The Bertz CT molecular complexity index is 737. The molecule has 22 heavy (non-hydrogen) atoms. The largest absolute Gasteiger partial charge is 0.394 e. The molecule has 2 aromatic rings. The number of imidazole rings is 1. The monoisotopic (exact) mass is 329 g/mol. The van der Waals surface area contributed by atoms with Gasteiger partial charge in [0.15, 0.2) is 16.9 Å². The zero-order valence-corrected chi connectivity index (χ0v) is 12.3. The Balaban J connectivity index is 2.11. The van der Waals surface area contributed by atoms with Gasteiger partial charge in [0.1, 0.15) is 23.8 Å². The van der Waals surface area contributed by atoms with Crippen molar-refractivity contribution in [2.75, 3.05) is 18.6 Å². The van der Waals surface area contributed by atoms with Crippen molar-refractivity contribution in [1.29, 1.82) is 0 Å². The number of aliphatic hydroxyl groups is 3.